The highest BCUT2D eigenvalue weighted by Gasteiger charge is 2.48. The summed E-state index contributed by atoms with van der Waals surface area (Å²) in [6, 6.07) is -0.549. The van der Waals surface area contributed by atoms with Gasteiger partial charge in [0, 0.05) is 6.04 Å². The Hall–Kier alpha value is -0.290. The van der Waals surface area contributed by atoms with Crippen LogP contribution < -0.4 is 0 Å². The van der Waals surface area contributed by atoms with E-state index in [0.717, 1.165) is 12.3 Å². The molecule has 0 amide bonds. The summed E-state index contributed by atoms with van der Waals surface area (Å²) in [6.45, 7) is 0.717. The molecule has 0 aromatic heterocycles. The topological polar surface area (TPSA) is 23.5 Å². The maximum absolute atomic E-state index is 13.0. The quantitative estimate of drug-likeness (QED) is 0.845. The smallest absolute Gasteiger partial charge is 0.393 e. The standard InChI is InChI=1S/C13H22F3NO/c1-17(7-6-9-2-3-9)12-8-10(18)4-5-11(12)13(14,15)16/h9-12,18H,2-8H2,1H3. The third-order valence-corrected chi connectivity index (χ3v) is 4.36. The summed E-state index contributed by atoms with van der Waals surface area (Å²) in [5, 5.41) is 9.61. The van der Waals surface area contributed by atoms with E-state index in [4.69, 9.17) is 0 Å². The van der Waals surface area contributed by atoms with Gasteiger partial charge in [0.15, 0.2) is 0 Å². The third kappa shape index (κ3) is 3.60. The molecule has 0 saturated heterocycles. The van der Waals surface area contributed by atoms with Gasteiger partial charge < -0.3 is 10.0 Å². The highest BCUT2D eigenvalue weighted by Crippen LogP contribution is 2.40. The average molecular weight is 265 g/mol. The summed E-state index contributed by atoms with van der Waals surface area (Å²) < 4.78 is 38.9. The zero-order chi connectivity index (χ0) is 13.3. The number of nitrogens with zero attached hydrogens (tertiary/aromatic N) is 1. The van der Waals surface area contributed by atoms with Crippen LogP contribution >= 0.6 is 0 Å². The average Bonchev–Trinajstić information content (AvgIpc) is 3.07. The zero-order valence-electron chi connectivity index (χ0n) is 10.8. The molecule has 0 aromatic rings. The lowest BCUT2D eigenvalue weighted by Crippen LogP contribution is -2.49. The van der Waals surface area contributed by atoms with Crippen LogP contribution in [0.1, 0.15) is 38.5 Å². The number of aliphatic hydroxyl groups excluding tert-OH is 1. The van der Waals surface area contributed by atoms with Crippen molar-refractivity contribution in [2.75, 3.05) is 13.6 Å². The molecule has 1 N–H and O–H groups in total. The molecule has 3 unspecified atom stereocenters. The van der Waals surface area contributed by atoms with E-state index in [0.29, 0.717) is 6.54 Å². The van der Waals surface area contributed by atoms with Crippen LogP contribution in [0.15, 0.2) is 0 Å². The molecule has 2 rings (SSSR count). The lowest BCUT2D eigenvalue weighted by Gasteiger charge is -2.40. The minimum absolute atomic E-state index is 0.0586. The Morgan fingerprint density at radius 1 is 1.17 bits per heavy atom. The van der Waals surface area contributed by atoms with Gasteiger partial charge in [-0.3, -0.25) is 0 Å². The zero-order valence-corrected chi connectivity index (χ0v) is 10.8. The first-order valence-electron chi connectivity index (χ1n) is 6.83. The Morgan fingerprint density at radius 3 is 2.39 bits per heavy atom. The molecule has 0 spiro atoms. The molecule has 18 heavy (non-hydrogen) atoms. The molecule has 0 aliphatic heterocycles. The fraction of sp³-hybridized carbons (Fsp3) is 1.00. The summed E-state index contributed by atoms with van der Waals surface area (Å²) in [5.74, 6) is -0.546. The van der Waals surface area contributed by atoms with Gasteiger partial charge in [-0.1, -0.05) is 12.8 Å². The Labute approximate surface area is 106 Å². The Bertz CT molecular complexity index is 278. The molecule has 0 radical (unpaired) electrons. The second-order valence-corrected chi connectivity index (χ2v) is 5.89. The summed E-state index contributed by atoms with van der Waals surface area (Å²) in [5.41, 5.74) is 0. The number of aliphatic hydroxyl groups is 1. The molecule has 2 aliphatic carbocycles. The number of alkyl halides is 3. The molecule has 2 saturated carbocycles. The minimum atomic E-state index is -4.14. The fourth-order valence-electron chi connectivity index (χ4n) is 2.95. The van der Waals surface area contributed by atoms with Gasteiger partial charge in [0.1, 0.15) is 0 Å². The molecule has 0 heterocycles. The molecule has 0 aromatic carbocycles. The van der Waals surface area contributed by atoms with Crippen LogP contribution in [0, 0.1) is 11.8 Å². The van der Waals surface area contributed by atoms with Gasteiger partial charge in [0.25, 0.3) is 0 Å². The van der Waals surface area contributed by atoms with E-state index in [-0.39, 0.29) is 19.3 Å². The van der Waals surface area contributed by atoms with E-state index in [1.165, 1.54) is 12.8 Å². The number of hydrogen-bond donors (Lipinski definition) is 1. The highest BCUT2D eigenvalue weighted by molar-refractivity contribution is 4.90. The molecule has 2 aliphatic rings. The van der Waals surface area contributed by atoms with Gasteiger partial charge in [-0.25, -0.2) is 0 Å². The normalized spacial score (nSPS) is 34.0. The van der Waals surface area contributed by atoms with Crippen LogP contribution in [0.25, 0.3) is 0 Å². The van der Waals surface area contributed by atoms with Crippen LogP contribution in [-0.4, -0.2) is 41.9 Å². The van der Waals surface area contributed by atoms with Gasteiger partial charge in [-0.2, -0.15) is 13.2 Å². The summed E-state index contributed by atoms with van der Waals surface area (Å²) >= 11 is 0. The first-order valence-corrected chi connectivity index (χ1v) is 6.83. The molecule has 106 valence electrons. The first kappa shape index (κ1) is 14.1. The van der Waals surface area contributed by atoms with Crippen LogP contribution in [0.3, 0.4) is 0 Å². The van der Waals surface area contributed by atoms with E-state index < -0.39 is 24.2 Å². The summed E-state index contributed by atoms with van der Waals surface area (Å²) in [7, 11) is 1.77. The minimum Gasteiger partial charge on any atom is -0.393 e. The lowest BCUT2D eigenvalue weighted by atomic mass is 9.81. The first-order chi connectivity index (χ1) is 8.38. The van der Waals surface area contributed by atoms with Gasteiger partial charge >= 0.3 is 6.18 Å². The van der Waals surface area contributed by atoms with Crippen LogP contribution in [0.5, 0.6) is 0 Å². The van der Waals surface area contributed by atoms with Crippen molar-refractivity contribution < 1.29 is 18.3 Å². The van der Waals surface area contributed by atoms with Gasteiger partial charge in [-0.05, 0) is 45.2 Å². The second-order valence-electron chi connectivity index (χ2n) is 5.89. The molecule has 2 nitrogen and oxygen atoms in total. The predicted molar refractivity (Wildman–Crippen MR) is 63.2 cm³/mol. The van der Waals surface area contributed by atoms with Gasteiger partial charge in [0.05, 0.1) is 12.0 Å². The number of hydrogen-bond acceptors (Lipinski definition) is 2. The van der Waals surface area contributed by atoms with E-state index in [2.05, 4.69) is 0 Å². The third-order valence-electron chi connectivity index (χ3n) is 4.36. The highest BCUT2D eigenvalue weighted by atomic mass is 19.4. The van der Waals surface area contributed by atoms with Gasteiger partial charge in [-0.15, -0.1) is 0 Å². The van der Waals surface area contributed by atoms with Crippen LogP contribution in [0.2, 0.25) is 0 Å². The van der Waals surface area contributed by atoms with Crippen molar-refractivity contribution in [1.82, 2.24) is 4.90 Å². The molecular formula is C13H22F3NO. The van der Waals surface area contributed by atoms with E-state index >= 15 is 0 Å². The summed E-state index contributed by atoms with van der Waals surface area (Å²) in [6.07, 6.45) is -0.678. The molecule has 0 bridgehead atoms. The van der Waals surface area contributed by atoms with Crippen molar-refractivity contribution in [3.05, 3.63) is 0 Å². The SMILES string of the molecule is CN(CCC1CC1)C1CC(O)CCC1C(F)(F)F. The number of rotatable bonds is 4. The van der Waals surface area contributed by atoms with Crippen molar-refractivity contribution in [3.8, 4) is 0 Å². The maximum atomic E-state index is 13.0. The van der Waals surface area contributed by atoms with Crippen LogP contribution in [-0.2, 0) is 0 Å². The second kappa shape index (κ2) is 5.37. The van der Waals surface area contributed by atoms with Crippen molar-refractivity contribution in [2.24, 2.45) is 11.8 Å². The fourth-order valence-corrected chi connectivity index (χ4v) is 2.95. The monoisotopic (exact) mass is 265 g/mol. The number of halogens is 3. The lowest BCUT2D eigenvalue weighted by molar-refractivity contribution is -0.203. The van der Waals surface area contributed by atoms with Crippen molar-refractivity contribution in [2.45, 2.75) is 56.8 Å². The van der Waals surface area contributed by atoms with Crippen molar-refractivity contribution in [1.29, 1.82) is 0 Å². The van der Waals surface area contributed by atoms with E-state index in [1.54, 1.807) is 7.05 Å². The largest absolute Gasteiger partial charge is 0.393 e. The molecule has 2 fully saturated rings. The Kier molecular flexibility index (Phi) is 4.22. The van der Waals surface area contributed by atoms with Crippen molar-refractivity contribution >= 4 is 0 Å². The van der Waals surface area contributed by atoms with E-state index in [1.807, 2.05) is 4.90 Å². The molecule has 3 atom stereocenters. The molecule has 5 heteroatoms. The molecular weight excluding hydrogens is 243 g/mol. The van der Waals surface area contributed by atoms with E-state index in [9.17, 15) is 18.3 Å². The van der Waals surface area contributed by atoms with Gasteiger partial charge in [0.2, 0.25) is 0 Å². The Balaban J connectivity index is 1.94. The maximum Gasteiger partial charge on any atom is 0.393 e. The predicted octanol–water partition coefficient (Wildman–Crippen LogP) is 2.81. The summed E-state index contributed by atoms with van der Waals surface area (Å²) in [4.78, 5) is 1.82. The van der Waals surface area contributed by atoms with Crippen LogP contribution in [0.4, 0.5) is 13.2 Å². The van der Waals surface area contributed by atoms with Crippen molar-refractivity contribution in [3.63, 3.8) is 0 Å². The Morgan fingerprint density at radius 2 is 1.83 bits per heavy atom.